The zero-order chi connectivity index (χ0) is 10.8. The molecular formula is C10H8FNO3. The van der Waals surface area contributed by atoms with E-state index in [2.05, 4.69) is 9.68 Å². The highest BCUT2D eigenvalue weighted by Crippen LogP contribution is 2.23. The van der Waals surface area contributed by atoms with Crippen LogP contribution in [0.2, 0.25) is 0 Å². The van der Waals surface area contributed by atoms with Crippen LogP contribution in [0.15, 0.2) is 34.9 Å². The maximum atomic E-state index is 13.3. The largest absolute Gasteiger partial charge is 0.362 e. The van der Waals surface area contributed by atoms with Crippen molar-refractivity contribution >= 4 is 0 Å². The highest BCUT2D eigenvalue weighted by molar-refractivity contribution is 5.59. The van der Waals surface area contributed by atoms with Gasteiger partial charge in [0.1, 0.15) is 11.5 Å². The minimum atomic E-state index is -1.74. The van der Waals surface area contributed by atoms with Crippen LogP contribution in [0, 0.1) is 5.82 Å². The lowest BCUT2D eigenvalue weighted by atomic mass is 10.1. The van der Waals surface area contributed by atoms with E-state index < -0.39 is 12.1 Å². The molecular weight excluding hydrogens is 201 g/mol. The molecule has 0 atom stereocenters. The first kappa shape index (κ1) is 9.82. The predicted molar refractivity (Wildman–Crippen MR) is 49.1 cm³/mol. The Balaban J connectivity index is 2.42. The van der Waals surface area contributed by atoms with Gasteiger partial charge in [0, 0.05) is 11.6 Å². The number of aromatic nitrogens is 1. The Morgan fingerprint density at radius 1 is 1.27 bits per heavy atom. The van der Waals surface area contributed by atoms with Gasteiger partial charge in [-0.25, -0.2) is 4.39 Å². The second-order valence-electron chi connectivity index (χ2n) is 2.97. The molecule has 0 saturated heterocycles. The van der Waals surface area contributed by atoms with Crippen LogP contribution in [0.4, 0.5) is 4.39 Å². The highest BCUT2D eigenvalue weighted by atomic mass is 19.1. The lowest BCUT2D eigenvalue weighted by Crippen LogP contribution is -1.90. The zero-order valence-corrected chi connectivity index (χ0v) is 7.59. The maximum absolute atomic E-state index is 13.3. The van der Waals surface area contributed by atoms with E-state index in [9.17, 15) is 4.39 Å². The molecule has 0 spiro atoms. The van der Waals surface area contributed by atoms with E-state index in [1.165, 1.54) is 18.2 Å². The third-order valence-corrected chi connectivity index (χ3v) is 1.93. The van der Waals surface area contributed by atoms with Gasteiger partial charge in [0.25, 0.3) is 0 Å². The molecule has 1 aromatic heterocycles. The van der Waals surface area contributed by atoms with E-state index >= 15 is 0 Å². The molecule has 0 fully saturated rings. The Morgan fingerprint density at radius 3 is 2.60 bits per heavy atom. The number of hydrogen-bond donors (Lipinski definition) is 2. The lowest BCUT2D eigenvalue weighted by molar-refractivity contribution is -0.0612. The summed E-state index contributed by atoms with van der Waals surface area (Å²) in [6, 6.07) is 7.31. The number of aliphatic hydroxyl groups excluding tert-OH is 1. The third-order valence-electron chi connectivity index (χ3n) is 1.93. The van der Waals surface area contributed by atoms with Gasteiger partial charge in [-0.15, -0.1) is 0 Å². The van der Waals surface area contributed by atoms with E-state index in [4.69, 9.17) is 10.2 Å². The summed E-state index contributed by atoms with van der Waals surface area (Å²) < 4.78 is 17.9. The molecule has 78 valence electrons. The molecule has 0 radical (unpaired) electrons. The standard InChI is InChI=1S/C10H8FNO3/c11-7-4-2-1-3-6(7)8-5-9(10(13)14)15-12-8/h1-5,10,13-14H. The lowest BCUT2D eigenvalue weighted by Gasteiger charge is -1.96. The first-order valence-corrected chi connectivity index (χ1v) is 4.26. The Kier molecular flexibility index (Phi) is 2.49. The average Bonchev–Trinajstić information content (AvgIpc) is 2.67. The van der Waals surface area contributed by atoms with E-state index in [1.807, 2.05) is 0 Å². The van der Waals surface area contributed by atoms with Crippen molar-refractivity contribution in [3.05, 3.63) is 41.9 Å². The van der Waals surface area contributed by atoms with Crippen molar-refractivity contribution in [3.8, 4) is 11.3 Å². The second kappa shape index (κ2) is 3.80. The van der Waals surface area contributed by atoms with Gasteiger partial charge in [0.15, 0.2) is 5.76 Å². The van der Waals surface area contributed by atoms with Gasteiger partial charge < -0.3 is 14.7 Å². The third kappa shape index (κ3) is 1.88. The molecule has 0 aliphatic carbocycles. The summed E-state index contributed by atoms with van der Waals surface area (Å²) in [6.07, 6.45) is -1.74. The van der Waals surface area contributed by atoms with Gasteiger partial charge in [-0.1, -0.05) is 17.3 Å². The number of benzene rings is 1. The number of hydrogen-bond acceptors (Lipinski definition) is 4. The first-order valence-electron chi connectivity index (χ1n) is 4.26. The summed E-state index contributed by atoms with van der Waals surface area (Å²) in [5.41, 5.74) is 0.490. The number of rotatable bonds is 2. The van der Waals surface area contributed by atoms with Crippen LogP contribution >= 0.6 is 0 Å². The van der Waals surface area contributed by atoms with Gasteiger partial charge >= 0.3 is 0 Å². The van der Waals surface area contributed by atoms with Crippen LogP contribution in [0.3, 0.4) is 0 Å². The minimum absolute atomic E-state index is 0.117. The van der Waals surface area contributed by atoms with Crippen LogP contribution in [0.25, 0.3) is 11.3 Å². The summed E-state index contributed by atoms with van der Waals surface area (Å²) in [5.74, 6) is -0.557. The molecule has 1 heterocycles. The van der Waals surface area contributed by atoms with Crippen molar-refractivity contribution in [1.29, 1.82) is 0 Å². The van der Waals surface area contributed by atoms with E-state index in [1.54, 1.807) is 12.1 Å². The molecule has 0 unspecified atom stereocenters. The molecule has 5 heteroatoms. The summed E-state index contributed by atoms with van der Waals surface area (Å²) in [7, 11) is 0. The van der Waals surface area contributed by atoms with Crippen molar-refractivity contribution in [1.82, 2.24) is 5.16 Å². The van der Waals surface area contributed by atoms with Crippen LogP contribution in [-0.2, 0) is 0 Å². The maximum Gasteiger partial charge on any atom is 0.215 e. The molecule has 2 N–H and O–H groups in total. The molecule has 4 nitrogen and oxygen atoms in total. The fraction of sp³-hybridized carbons (Fsp3) is 0.100. The van der Waals surface area contributed by atoms with Crippen LogP contribution in [-0.4, -0.2) is 15.4 Å². The molecule has 0 saturated carbocycles. The van der Waals surface area contributed by atoms with Crippen LogP contribution < -0.4 is 0 Å². The van der Waals surface area contributed by atoms with E-state index in [-0.39, 0.29) is 17.0 Å². The van der Waals surface area contributed by atoms with E-state index in [0.717, 1.165) is 0 Å². The van der Waals surface area contributed by atoms with Gasteiger partial charge in [-0.2, -0.15) is 0 Å². The normalized spacial score (nSPS) is 10.9. The molecule has 0 amide bonds. The summed E-state index contributed by atoms with van der Waals surface area (Å²) in [5, 5.41) is 21.1. The zero-order valence-electron chi connectivity index (χ0n) is 7.59. The van der Waals surface area contributed by atoms with Gasteiger partial charge in [-0.3, -0.25) is 0 Å². The molecule has 0 aliphatic rings. The molecule has 2 rings (SSSR count). The highest BCUT2D eigenvalue weighted by Gasteiger charge is 2.13. The fourth-order valence-electron chi connectivity index (χ4n) is 1.21. The minimum Gasteiger partial charge on any atom is -0.362 e. The molecule has 2 aromatic rings. The first-order chi connectivity index (χ1) is 7.18. The fourth-order valence-corrected chi connectivity index (χ4v) is 1.21. The summed E-state index contributed by atoms with van der Waals surface area (Å²) in [4.78, 5) is 0. The number of nitrogens with zero attached hydrogens (tertiary/aromatic N) is 1. The van der Waals surface area contributed by atoms with Crippen LogP contribution in [0.5, 0.6) is 0 Å². The Labute approximate surface area is 84.6 Å². The number of halogens is 1. The molecule has 15 heavy (non-hydrogen) atoms. The SMILES string of the molecule is OC(O)c1cc(-c2ccccc2F)no1. The monoisotopic (exact) mass is 209 g/mol. The summed E-state index contributed by atoms with van der Waals surface area (Å²) >= 11 is 0. The summed E-state index contributed by atoms with van der Waals surface area (Å²) in [6.45, 7) is 0. The topological polar surface area (TPSA) is 66.5 Å². The van der Waals surface area contributed by atoms with Crippen LogP contribution in [0.1, 0.15) is 12.1 Å². The quantitative estimate of drug-likeness (QED) is 0.735. The Bertz CT molecular complexity index is 467. The number of aliphatic hydroxyl groups is 2. The van der Waals surface area contributed by atoms with Gasteiger partial charge in [0.05, 0.1) is 0 Å². The average molecular weight is 209 g/mol. The van der Waals surface area contributed by atoms with Crippen molar-refractivity contribution in [3.63, 3.8) is 0 Å². The van der Waals surface area contributed by atoms with Gasteiger partial charge in [-0.05, 0) is 12.1 Å². The Morgan fingerprint density at radius 2 is 2.00 bits per heavy atom. The van der Waals surface area contributed by atoms with Crippen molar-refractivity contribution in [2.75, 3.05) is 0 Å². The second-order valence-corrected chi connectivity index (χ2v) is 2.97. The predicted octanol–water partition coefficient (Wildman–Crippen LogP) is 1.46. The van der Waals surface area contributed by atoms with Gasteiger partial charge in [0.2, 0.25) is 6.29 Å². The Hall–Kier alpha value is -1.72. The molecule has 1 aromatic carbocycles. The molecule has 0 aliphatic heterocycles. The van der Waals surface area contributed by atoms with E-state index in [0.29, 0.717) is 0 Å². The van der Waals surface area contributed by atoms with Crippen molar-refractivity contribution < 1.29 is 19.1 Å². The van der Waals surface area contributed by atoms with Crippen molar-refractivity contribution in [2.24, 2.45) is 0 Å². The smallest absolute Gasteiger partial charge is 0.215 e. The van der Waals surface area contributed by atoms with Crippen molar-refractivity contribution in [2.45, 2.75) is 6.29 Å². The molecule has 0 bridgehead atoms.